The van der Waals surface area contributed by atoms with Crippen LogP contribution in [0.15, 0.2) is 18.5 Å². The van der Waals surface area contributed by atoms with Crippen molar-refractivity contribution in [3.8, 4) is 0 Å². The van der Waals surface area contributed by atoms with Crippen LogP contribution in [0.2, 0.25) is 0 Å². The highest BCUT2D eigenvalue weighted by atomic mass is 16.5. The first kappa shape index (κ1) is 10.6. The van der Waals surface area contributed by atoms with E-state index in [0.717, 1.165) is 13.1 Å². The molecule has 1 aromatic rings. The molecule has 15 heavy (non-hydrogen) atoms. The highest BCUT2D eigenvalue weighted by Gasteiger charge is 2.33. The molecule has 1 aliphatic rings. The van der Waals surface area contributed by atoms with Crippen molar-refractivity contribution in [2.24, 2.45) is 0 Å². The lowest BCUT2D eigenvalue weighted by molar-refractivity contribution is 0.0771. The molecule has 0 spiro atoms. The second-order valence-corrected chi connectivity index (χ2v) is 3.81. The van der Waals surface area contributed by atoms with Crippen molar-refractivity contribution in [2.45, 2.75) is 12.1 Å². The first-order valence-electron chi connectivity index (χ1n) is 5.20. The summed E-state index contributed by atoms with van der Waals surface area (Å²) >= 11 is 0. The molecule has 5 nitrogen and oxygen atoms in total. The summed E-state index contributed by atoms with van der Waals surface area (Å²) in [6.07, 6.45) is 3.90. The van der Waals surface area contributed by atoms with Gasteiger partial charge >= 0.3 is 0 Å². The Kier molecular flexibility index (Phi) is 3.35. The molecule has 5 heteroatoms. The average molecular weight is 211 g/mol. The van der Waals surface area contributed by atoms with Gasteiger partial charge in [0.25, 0.3) is 0 Å². The smallest absolute Gasteiger partial charge is 0.0934 e. The molecule has 1 aromatic heterocycles. The van der Waals surface area contributed by atoms with Crippen LogP contribution in [-0.2, 0) is 4.74 Å². The number of ether oxygens (including phenoxy) is 1. The number of β-amino-alcohol motifs (C(OH)–C–C–N with tert-alkyl or cyclic N) is 1. The van der Waals surface area contributed by atoms with Gasteiger partial charge in [0.05, 0.1) is 18.8 Å². The quantitative estimate of drug-likeness (QED) is 0.746. The molecule has 0 saturated carbocycles. The maximum absolute atomic E-state index is 8.90. The normalized spacial score (nSPS) is 27.3. The zero-order chi connectivity index (χ0) is 10.7. The van der Waals surface area contributed by atoms with Crippen LogP contribution in [0.25, 0.3) is 0 Å². The van der Waals surface area contributed by atoms with E-state index in [1.807, 2.05) is 16.9 Å². The Morgan fingerprint density at radius 2 is 2.40 bits per heavy atom. The zero-order valence-corrected chi connectivity index (χ0v) is 8.91. The van der Waals surface area contributed by atoms with Gasteiger partial charge in [0, 0.05) is 39.1 Å². The number of aromatic nitrogens is 2. The number of hydrogen-bond donors (Lipinski definition) is 1. The molecule has 84 valence electrons. The topological polar surface area (TPSA) is 50.5 Å². The number of likely N-dealkylation sites (tertiary alicyclic amines) is 1. The second-order valence-electron chi connectivity index (χ2n) is 3.81. The van der Waals surface area contributed by atoms with Gasteiger partial charge in [-0.3, -0.25) is 9.58 Å². The van der Waals surface area contributed by atoms with Gasteiger partial charge in [-0.1, -0.05) is 0 Å². The van der Waals surface area contributed by atoms with Crippen LogP contribution in [0.3, 0.4) is 0 Å². The molecule has 2 atom stereocenters. The third kappa shape index (κ3) is 2.19. The summed E-state index contributed by atoms with van der Waals surface area (Å²) in [7, 11) is 1.73. The van der Waals surface area contributed by atoms with Crippen LogP contribution < -0.4 is 0 Å². The van der Waals surface area contributed by atoms with E-state index in [9.17, 15) is 0 Å². The van der Waals surface area contributed by atoms with E-state index in [0.29, 0.717) is 6.54 Å². The van der Waals surface area contributed by atoms with E-state index in [1.54, 1.807) is 13.3 Å². The standard InChI is InChI=1S/C10H17N3O2/c1-15-10-8-12(5-6-14)7-9(10)13-4-2-3-11-13/h2-4,9-10,14H,5-8H2,1H3/t9-,10+/m1/s1. The number of nitrogens with zero attached hydrogens (tertiary/aromatic N) is 3. The third-order valence-corrected chi connectivity index (χ3v) is 2.90. The molecule has 1 N–H and O–H groups in total. The monoisotopic (exact) mass is 211 g/mol. The van der Waals surface area contributed by atoms with Gasteiger partial charge in [-0.05, 0) is 6.07 Å². The highest BCUT2D eigenvalue weighted by molar-refractivity contribution is 4.92. The van der Waals surface area contributed by atoms with Crippen LogP contribution in [-0.4, -0.2) is 59.2 Å². The Hall–Kier alpha value is -0.910. The molecule has 0 aliphatic carbocycles. The maximum atomic E-state index is 8.90. The molecule has 1 aliphatic heterocycles. The third-order valence-electron chi connectivity index (χ3n) is 2.90. The summed E-state index contributed by atoms with van der Waals surface area (Å²) in [5.41, 5.74) is 0. The minimum absolute atomic E-state index is 0.163. The molecule has 2 heterocycles. The van der Waals surface area contributed by atoms with E-state index in [2.05, 4.69) is 10.00 Å². The van der Waals surface area contributed by atoms with Crippen molar-refractivity contribution in [3.05, 3.63) is 18.5 Å². The van der Waals surface area contributed by atoms with Crippen molar-refractivity contribution in [3.63, 3.8) is 0 Å². The number of hydrogen-bond acceptors (Lipinski definition) is 4. The van der Waals surface area contributed by atoms with E-state index in [1.165, 1.54) is 0 Å². The fourth-order valence-corrected chi connectivity index (χ4v) is 2.12. The Morgan fingerprint density at radius 1 is 1.53 bits per heavy atom. The molecular formula is C10H17N3O2. The van der Waals surface area contributed by atoms with E-state index in [4.69, 9.17) is 9.84 Å². The average Bonchev–Trinajstić information content (AvgIpc) is 2.84. The van der Waals surface area contributed by atoms with Gasteiger partial charge in [-0.25, -0.2) is 0 Å². The lowest BCUT2D eigenvalue weighted by Crippen LogP contribution is -2.25. The Morgan fingerprint density at radius 3 is 3.00 bits per heavy atom. The SMILES string of the molecule is CO[C@H]1CN(CCO)C[C@H]1n1cccn1. The number of rotatable bonds is 4. The Balaban J connectivity index is 2.04. The minimum Gasteiger partial charge on any atom is -0.395 e. The van der Waals surface area contributed by atoms with Crippen molar-refractivity contribution < 1.29 is 9.84 Å². The highest BCUT2D eigenvalue weighted by Crippen LogP contribution is 2.23. The fraction of sp³-hybridized carbons (Fsp3) is 0.700. The van der Waals surface area contributed by atoms with Crippen LogP contribution >= 0.6 is 0 Å². The minimum atomic E-state index is 0.163. The first-order chi connectivity index (χ1) is 7.35. The van der Waals surface area contributed by atoms with Crippen molar-refractivity contribution in [1.29, 1.82) is 0 Å². The number of methoxy groups -OCH3 is 1. The molecule has 0 unspecified atom stereocenters. The van der Waals surface area contributed by atoms with E-state index < -0.39 is 0 Å². The van der Waals surface area contributed by atoms with Crippen LogP contribution in [0, 0.1) is 0 Å². The summed E-state index contributed by atoms with van der Waals surface area (Å²) in [6, 6.07) is 2.18. The summed E-state index contributed by atoms with van der Waals surface area (Å²) in [6.45, 7) is 2.65. The molecule has 0 bridgehead atoms. The first-order valence-corrected chi connectivity index (χ1v) is 5.20. The van der Waals surface area contributed by atoms with Crippen molar-refractivity contribution >= 4 is 0 Å². The summed E-state index contributed by atoms with van der Waals surface area (Å²) in [5, 5.41) is 13.1. The van der Waals surface area contributed by atoms with Gasteiger partial charge in [-0.15, -0.1) is 0 Å². The van der Waals surface area contributed by atoms with Crippen LogP contribution in [0.4, 0.5) is 0 Å². The molecule has 1 fully saturated rings. The Bertz CT molecular complexity index is 289. The molecule has 0 amide bonds. The van der Waals surface area contributed by atoms with Crippen LogP contribution in [0.1, 0.15) is 6.04 Å². The number of aliphatic hydroxyl groups is 1. The second kappa shape index (κ2) is 4.74. The zero-order valence-electron chi connectivity index (χ0n) is 8.91. The van der Waals surface area contributed by atoms with Crippen molar-refractivity contribution in [2.75, 3.05) is 33.4 Å². The lowest BCUT2D eigenvalue weighted by Gasteiger charge is -2.16. The van der Waals surface area contributed by atoms with E-state index >= 15 is 0 Å². The Labute approximate surface area is 89.3 Å². The van der Waals surface area contributed by atoms with Crippen LogP contribution in [0.5, 0.6) is 0 Å². The lowest BCUT2D eigenvalue weighted by atomic mass is 10.2. The van der Waals surface area contributed by atoms with Gasteiger partial charge in [-0.2, -0.15) is 5.10 Å². The van der Waals surface area contributed by atoms with Gasteiger partial charge in [0.2, 0.25) is 0 Å². The molecule has 0 radical (unpaired) electrons. The predicted octanol–water partition coefficient (Wildman–Crippen LogP) is -0.253. The number of aliphatic hydroxyl groups excluding tert-OH is 1. The molecular weight excluding hydrogens is 194 g/mol. The predicted molar refractivity (Wildman–Crippen MR) is 55.6 cm³/mol. The molecule has 0 aromatic carbocycles. The maximum Gasteiger partial charge on any atom is 0.0934 e. The molecule has 1 saturated heterocycles. The van der Waals surface area contributed by atoms with E-state index in [-0.39, 0.29) is 18.8 Å². The van der Waals surface area contributed by atoms with Gasteiger partial charge in [0.1, 0.15) is 0 Å². The van der Waals surface area contributed by atoms with Gasteiger partial charge in [0.15, 0.2) is 0 Å². The molecule has 2 rings (SSSR count). The van der Waals surface area contributed by atoms with Crippen molar-refractivity contribution in [1.82, 2.24) is 14.7 Å². The summed E-state index contributed by atoms with van der Waals surface area (Å²) < 4.78 is 7.38. The fourth-order valence-electron chi connectivity index (χ4n) is 2.12. The largest absolute Gasteiger partial charge is 0.395 e. The summed E-state index contributed by atoms with van der Waals surface area (Å²) in [4.78, 5) is 2.19. The van der Waals surface area contributed by atoms with Gasteiger partial charge < -0.3 is 9.84 Å². The summed E-state index contributed by atoms with van der Waals surface area (Å²) in [5.74, 6) is 0.